The maximum Gasteiger partial charge on any atom is 0.257 e. The van der Waals surface area contributed by atoms with Gasteiger partial charge in [-0.25, -0.2) is 0 Å². The lowest BCUT2D eigenvalue weighted by molar-refractivity contribution is 0.102. The first-order valence-corrected chi connectivity index (χ1v) is 6.15. The average Bonchev–Trinajstić information content (AvgIpc) is 2.47. The number of hydrogen-bond acceptors (Lipinski definition) is 4. The number of amides is 1. The zero-order chi connectivity index (χ0) is 14.5. The van der Waals surface area contributed by atoms with Crippen molar-refractivity contribution in [1.29, 1.82) is 0 Å². The Balaban J connectivity index is 2.26. The number of halogens is 1. The molecule has 2 aromatic rings. The van der Waals surface area contributed by atoms with Gasteiger partial charge in [-0.15, -0.1) is 0 Å². The van der Waals surface area contributed by atoms with Crippen LogP contribution in [0.3, 0.4) is 0 Å². The van der Waals surface area contributed by atoms with E-state index in [0.29, 0.717) is 27.8 Å². The zero-order valence-electron chi connectivity index (χ0n) is 11.0. The fraction of sp³-hybridized carbons (Fsp3) is 0.143. The molecule has 104 valence electrons. The number of hydrogen-bond donors (Lipinski definition) is 1. The van der Waals surface area contributed by atoms with Gasteiger partial charge in [-0.05, 0) is 6.07 Å². The number of carbonyl (C=O) groups is 1. The third kappa shape index (κ3) is 3.19. The Bertz CT molecular complexity index is 609. The normalized spacial score (nSPS) is 9.95. The van der Waals surface area contributed by atoms with Crippen molar-refractivity contribution in [3.8, 4) is 11.5 Å². The molecule has 0 aliphatic heterocycles. The van der Waals surface area contributed by atoms with Gasteiger partial charge in [0.05, 0.1) is 24.8 Å². The molecule has 0 fully saturated rings. The van der Waals surface area contributed by atoms with Gasteiger partial charge in [0.15, 0.2) is 0 Å². The Labute approximate surface area is 121 Å². The van der Waals surface area contributed by atoms with Crippen LogP contribution >= 0.6 is 11.6 Å². The van der Waals surface area contributed by atoms with Crippen LogP contribution in [0.1, 0.15) is 10.4 Å². The molecule has 0 bridgehead atoms. The van der Waals surface area contributed by atoms with E-state index in [1.54, 1.807) is 38.5 Å². The summed E-state index contributed by atoms with van der Waals surface area (Å²) in [6.07, 6.45) is 2.93. The highest BCUT2D eigenvalue weighted by molar-refractivity contribution is 6.34. The third-order valence-corrected chi connectivity index (χ3v) is 2.93. The van der Waals surface area contributed by atoms with Gasteiger partial charge in [0, 0.05) is 36.3 Å². The van der Waals surface area contributed by atoms with Gasteiger partial charge in [0.25, 0.3) is 5.91 Å². The van der Waals surface area contributed by atoms with E-state index in [1.165, 1.54) is 12.4 Å². The summed E-state index contributed by atoms with van der Waals surface area (Å²) in [5.74, 6) is 0.841. The number of anilines is 1. The SMILES string of the molecule is COc1cc(NC(=O)c2ccncc2Cl)cc(OC)c1. The highest BCUT2D eigenvalue weighted by Crippen LogP contribution is 2.26. The molecule has 0 spiro atoms. The van der Waals surface area contributed by atoms with E-state index in [0.717, 1.165) is 0 Å². The number of rotatable bonds is 4. The highest BCUT2D eigenvalue weighted by atomic mass is 35.5. The molecule has 1 N–H and O–H groups in total. The van der Waals surface area contributed by atoms with E-state index in [9.17, 15) is 4.79 Å². The summed E-state index contributed by atoms with van der Waals surface area (Å²) in [5, 5.41) is 3.03. The topological polar surface area (TPSA) is 60.5 Å². The third-order valence-electron chi connectivity index (χ3n) is 2.63. The monoisotopic (exact) mass is 292 g/mol. The maximum absolute atomic E-state index is 12.1. The lowest BCUT2D eigenvalue weighted by atomic mass is 10.2. The van der Waals surface area contributed by atoms with Crippen LogP contribution in [0.5, 0.6) is 11.5 Å². The number of nitrogens with one attached hydrogen (secondary N) is 1. The predicted molar refractivity (Wildman–Crippen MR) is 76.7 cm³/mol. The Kier molecular flexibility index (Phi) is 4.42. The number of carbonyl (C=O) groups excluding carboxylic acids is 1. The van der Waals surface area contributed by atoms with Gasteiger partial charge in [-0.3, -0.25) is 9.78 Å². The largest absolute Gasteiger partial charge is 0.497 e. The van der Waals surface area contributed by atoms with Crippen LogP contribution in [0.15, 0.2) is 36.7 Å². The van der Waals surface area contributed by atoms with Crippen LogP contribution in [0.2, 0.25) is 5.02 Å². The summed E-state index contributed by atoms with van der Waals surface area (Å²) in [5.41, 5.74) is 0.905. The summed E-state index contributed by atoms with van der Waals surface area (Å²) in [4.78, 5) is 16.0. The van der Waals surface area contributed by atoms with E-state index < -0.39 is 0 Å². The van der Waals surface area contributed by atoms with Gasteiger partial charge in [0.2, 0.25) is 0 Å². The van der Waals surface area contributed by atoms with Crippen LogP contribution in [0.4, 0.5) is 5.69 Å². The molecule has 1 amide bonds. The van der Waals surface area contributed by atoms with E-state index >= 15 is 0 Å². The van der Waals surface area contributed by atoms with Gasteiger partial charge >= 0.3 is 0 Å². The molecule has 0 saturated heterocycles. The molecule has 0 saturated carbocycles. The lowest BCUT2D eigenvalue weighted by Crippen LogP contribution is -2.12. The van der Waals surface area contributed by atoms with Crippen molar-refractivity contribution in [2.75, 3.05) is 19.5 Å². The number of pyridine rings is 1. The molecule has 0 aliphatic rings. The number of aromatic nitrogens is 1. The summed E-state index contributed by atoms with van der Waals surface area (Å²) < 4.78 is 10.3. The standard InChI is InChI=1S/C14H13ClN2O3/c1-19-10-5-9(6-11(7-10)20-2)17-14(18)12-3-4-16-8-13(12)15/h3-8H,1-2H3,(H,17,18). The second kappa shape index (κ2) is 6.25. The zero-order valence-corrected chi connectivity index (χ0v) is 11.8. The summed E-state index contributed by atoms with van der Waals surface area (Å²) >= 11 is 5.93. The molecule has 0 aliphatic carbocycles. The van der Waals surface area contributed by atoms with Crippen LogP contribution in [0, 0.1) is 0 Å². The molecule has 1 heterocycles. The number of benzene rings is 1. The van der Waals surface area contributed by atoms with Crippen molar-refractivity contribution >= 4 is 23.2 Å². The second-order valence-corrected chi connectivity index (χ2v) is 4.32. The minimum atomic E-state index is -0.326. The van der Waals surface area contributed by atoms with E-state index in [4.69, 9.17) is 21.1 Å². The molecule has 6 heteroatoms. The molecule has 0 atom stereocenters. The van der Waals surface area contributed by atoms with Crippen molar-refractivity contribution in [2.24, 2.45) is 0 Å². The van der Waals surface area contributed by atoms with Crippen LogP contribution < -0.4 is 14.8 Å². The molecule has 5 nitrogen and oxygen atoms in total. The Morgan fingerprint density at radius 2 is 1.85 bits per heavy atom. The molecule has 1 aromatic heterocycles. The highest BCUT2D eigenvalue weighted by Gasteiger charge is 2.11. The number of ether oxygens (including phenoxy) is 2. The lowest BCUT2D eigenvalue weighted by Gasteiger charge is -2.10. The molecule has 2 rings (SSSR count). The Morgan fingerprint density at radius 1 is 1.20 bits per heavy atom. The smallest absolute Gasteiger partial charge is 0.257 e. The molecular weight excluding hydrogens is 280 g/mol. The fourth-order valence-electron chi connectivity index (χ4n) is 1.64. The second-order valence-electron chi connectivity index (χ2n) is 3.91. The summed E-state index contributed by atoms with van der Waals surface area (Å²) in [6.45, 7) is 0. The minimum absolute atomic E-state index is 0.292. The van der Waals surface area contributed by atoms with Crippen molar-refractivity contribution in [1.82, 2.24) is 4.98 Å². The quantitative estimate of drug-likeness (QED) is 0.941. The average molecular weight is 293 g/mol. The Hall–Kier alpha value is -2.27. The van der Waals surface area contributed by atoms with E-state index in [2.05, 4.69) is 10.3 Å². The first kappa shape index (κ1) is 14.1. The first-order valence-electron chi connectivity index (χ1n) is 5.78. The number of methoxy groups -OCH3 is 2. The van der Waals surface area contributed by atoms with Crippen LogP contribution in [-0.2, 0) is 0 Å². The Morgan fingerprint density at radius 3 is 2.40 bits per heavy atom. The van der Waals surface area contributed by atoms with Gasteiger partial charge < -0.3 is 14.8 Å². The van der Waals surface area contributed by atoms with Crippen molar-refractivity contribution in [3.05, 3.63) is 47.2 Å². The fourth-order valence-corrected chi connectivity index (χ4v) is 1.84. The molecule has 20 heavy (non-hydrogen) atoms. The van der Waals surface area contributed by atoms with E-state index in [-0.39, 0.29) is 5.91 Å². The molecular formula is C14H13ClN2O3. The van der Waals surface area contributed by atoms with Crippen molar-refractivity contribution in [2.45, 2.75) is 0 Å². The van der Waals surface area contributed by atoms with Gasteiger partial charge in [-0.2, -0.15) is 0 Å². The summed E-state index contributed by atoms with van der Waals surface area (Å²) in [6, 6.07) is 6.65. The summed E-state index contributed by atoms with van der Waals surface area (Å²) in [7, 11) is 3.08. The molecule has 0 radical (unpaired) electrons. The van der Waals surface area contributed by atoms with Gasteiger partial charge in [0.1, 0.15) is 11.5 Å². The minimum Gasteiger partial charge on any atom is -0.497 e. The maximum atomic E-state index is 12.1. The van der Waals surface area contributed by atoms with Crippen molar-refractivity contribution in [3.63, 3.8) is 0 Å². The predicted octanol–water partition coefficient (Wildman–Crippen LogP) is 3.00. The first-order chi connectivity index (χ1) is 9.63. The van der Waals surface area contributed by atoms with Crippen LogP contribution in [-0.4, -0.2) is 25.1 Å². The molecule has 1 aromatic carbocycles. The van der Waals surface area contributed by atoms with Gasteiger partial charge in [-0.1, -0.05) is 11.6 Å². The van der Waals surface area contributed by atoms with E-state index in [1.807, 2.05) is 0 Å². The molecule has 0 unspecified atom stereocenters. The van der Waals surface area contributed by atoms with Crippen LogP contribution in [0.25, 0.3) is 0 Å². The van der Waals surface area contributed by atoms with Crippen molar-refractivity contribution < 1.29 is 14.3 Å². The number of nitrogens with zero attached hydrogens (tertiary/aromatic N) is 1.